The van der Waals surface area contributed by atoms with Crippen LogP contribution in [0.1, 0.15) is 11.4 Å². The van der Waals surface area contributed by atoms with Crippen molar-refractivity contribution in [1.29, 1.82) is 0 Å². The molecule has 1 heterocycles. The summed E-state index contributed by atoms with van der Waals surface area (Å²) in [5.41, 5.74) is 1.27. The van der Waals surface area contributed by atoms with E-state index in [2.05, 4.69) is 43.3 Å². The summed E-state index contributed by atoms with van der Waals surface area (Å²) in [4.78, 5) is 7.19. The molecule has 2 N–H and O–H groups in total. The van der Waals surface area contributed by atoms with Gasteiger partial charge in [-0.1, -0.05) is 28.1 Å². The Bertz CT molecular complexity index is 394. The molecule has 0 aliphatic rings. The lowest BCUT2D eigenvalue weighted by Gasteiger charge is -2.02. The van der Waals surface area contributed by atoms with Crippen molar-refractivity contribution in [2.24, 2.45) is 0 Å². The number of nitrogens with zero attached hydrogens (tertiary/aromatic N) is 1. The first kappa shape index (κ1) is 10.4. The van der Waals surface area contributed by atoms with Gasteiger partial charge in [-0.05, 0) is 17.7 Å². The van der Waals surface area contributed by atoms with Crippen molar-refractivity contribution in [2.75, 3.05) is 0 Å². The second-order valence-electron chi connectivity index (χ2n) is 3.27. The second-order valence-corrected chi connectivity index (χ2v) is 4.18. The summed E-state index contributed by atoms with van der Waals surface area (Å²) >= 11 is 3.41. The van der Waals surface area contributed by atoms with Crippen LogP contribution in [0.3, 0.4) is 0 Å². The molecule has 4 heteroatoms. The van der Waals surface area contributed by atoms with Gasteiger partial charge in [0, 0.05) is 23.4 Å². The molecule has 0 bridgehead atoms. The van der Waals surface area contributed by atoms with Crippen LogP contribution in [-0.2, 0) is 13.1 Å². The zero-order valence-electron chi connectivity index (χ0n) is 8.20. The molecule has 0 radical (unpaired) electrons. The minimum atomic E-state index is 0.767. The van der Waals surface area contributed by atoms with E-state index in [1.807, 2.05) is 18.3 Å². The number of benzene rings is 1. The lowest BCUT2D eigenvalue weighted by atomic mass is 10.2. The Morgan fingerprint density at radius 2 is 2.00 bits per heavy atom. The zero-order chi connectivity index (χ0) is 10.5. The molecule has 15 heavy (non-hydrogen) atoms. The summed E-state index contributed by atoms with van der Waals surface area (Å²) in [6, 6.07) is 8.28. The quantitative estimate of drug-likeness (QED) is 0.892. The van der Waals surface area contributed by atoms with Gasteiger partial charge in [0.05, 0.1) is 6.54 Å². The third kappa shape index (κ3) is 3.18. The molecule has 0 atom stereocenters. The SMILES string of the molecule is Brc1ccc(CNCc2ncc[nH]2)cc1. The number of aromatic amines is 1. The molecular weight excluding hydrogens is 254 g/mol. The van der Waals surface area contributed by atoms with Gasteiger partial charge in [0.1, 0.15) is 5.82 Å². The van der Waals surface area contributed by atoms with Crippen LogP contribution in [0.4, 0.5) is 0 Å². The van der Waals surface area contributed by atoms with Crippen LogP contribution in [0.2, 0.25) is 0 Å². The lowest BCUT2D eigenvalue weighted by Crippen LogP contribution is -2.13. The van der Waals surface area contributed by atoms with E-state index < -0.39 is 0 Å². The van der Waals surface area contributed by atoms with E-state index in [0.717, 1.165) is 23.4 Å². The molecule has 0 spiro atoms. The van der Waals surface area contributed by atoms with Gasteiger partial charge in [0.2, 0.25) is 0 Å². The number of hydrogen-bond acceptors (Lipinski definition) is 2. The molecule has 2 aromatic rings. The maximum atomic E-state index is 4.14. The second kappa shape index (κ2) is 5.09. The number of rotatable bonds is 4. The van der Waals surface area contributed by atoms with Crippen LogP contribution in [0.25, 0.3) is 0 Å². The van der Waals surface area contributed by atoms with E-state index in [0.29, 0.717) is 0 Å². The largest absolute Gasteiger partial charge is 0.348 e. The van der Waals surface area contributed by atoms with Crippen LogP contribution in [0.5, 0.6) is 0 Å². The highest BCUT2D eigenvalue weighted by Crippen LogP contribution is 2.10. The number of halogens is 1. The van der Waals surface area contributed by atoms with Crippen molar-refractivity contribution in [3.63, 3.8) is 0 Å². The van der Waals surface area contributed by atoms with Crippen molar-refractivity contribution in [3.05, 3.63) is 52.5 Å². The monoisotopic (exact) mass is 265 g/mol. The smallest absolute Gasteiger partial charge is 0.120 e. The van der Waals surface area contributed by atoms with Gasteiger partial charge in [-0.25, -0.2) is 4.98 Å². The third-order valence-corrected chi connectivity index (χ3v) is 2.62. The molecule has 0 aliphatic carbocycles. The molecule has 1 aromatic heterocycles. The number of aromatic nitrogens is 2. The molecule has 0 saturated carbocycles. The molecule has 0 amide bonds. The van der Waals surface area contributed by atoms with Gasteiger partial charge < -0.3 is 10.3 Å². The minimum Gasteiger partial charge on any atom is -0.348 e. The fourth-order valence-electron chi connectivity index (χ4n) is 1.32. The van der Waals surface area contributed by atoms with Crippen LogP contribution >= 0.6 is 15.9 Å². The number of H-pyrrole nitrogens is 1. The molecule has 0 aliphatic heterocycles. The summed E-state index contributed by atoms with van der Waals surface area (Å²) in [5.74, 6) is 0.965. The van der Waals surface area contributed by atoms with E-state index in [-0.39, 0.29) is 0 Å². The Balaban J connectivity index is 1.81. The standard InChI is InChI=1S/C11H12BrN3/c12-10-3-1-9(2-4-10)7-13-8-11-14-5-6-15-11/h1-6,13H,7-8H2,(H,14,15). The summed E-state index contributed by atoms with van der Waals surface area (Å²) < 4.78 is 1.11. The molecule has 3 nitrogen and oxygen atoms in total. The zero-order valence-corrected chi connectivity index (χ0v) is 9.79. The average molecular weight is 266 g/mol. The minimum absolute atomic E-state index is 0.767. The van der Waals surface area contributed by atoms with Gasteiger partial charge in [-0.3, -0.25) is 0 Å². The molecule has 2 rings (SSSR count). The third-order valence-electron chi connectivity index (χ3n) is 2.09. The molecular formula is C11H12BrN3. The van der Waals surface area contributed by atoms with Crippen LogP contribution in [-0.4, -0.2) is 9.97 Å². The molecule has 1 aromatic carbocycles. The van der Waals surface area contributed by atoms with Crippen molar-refractivity contribution in [3.8, 4) is 0 Å². The Morgan fingerprint density at radius 3 is 2.67 bits per heavy atom. The Hall–Kier alpha value is -1.13. The fourth-order valence-corrected chi connectivity index (χ4v) is 1.59. The topological polar surface area (TPSA) is 40.7 Å². The molecule has 0 unspecified atom stereocenters. The Morgan fingerprint density at radius 1 is 1.20 bits per heavy atom. The Labute approximate surface area is 97.1 Å². The van der Waals surface area contributed by atoms with E-state index in [1.165, 1.54) is 5.56 Å². The molecule has 0 saturated heterocycles. The summed E-state index contributed by atoms with van der Waals surface area (Å²) in [6.07, 6.45) is 3.59. The van der Waals surface area contributed by atoms with E-state index in [9.17, 15) is 0 Å². The predicted molar refractivity (Wildman–Crippen MR) is 63.3 cm³/mol. The number of imidazole rings is 1. The van der Waals surface area contributed by atoms with Gasteiger partial charge in [-0.2, -0.15) is 0 Å². The van der Waals surface area contributed by atoms with Crippen LogP contribution < -0.4 is 5.32 Å². The van der Waals surface area contributed by atoms with Crippen LogP contribution in [0, 0.1) is 0 Å². The molecule has 78 valence electrons. The highest BCUT2D eigenvalue weighted by atomic mass is 79.9. The van der Waals surface area contributed by atoms with Crippen LogP contribution in [0.15, 0.2) is 41.1 Å². The Kier molecular flexibility index (Phi) is 3.53. The maximum absolute atomic E-state index is 4.14. The van der Waals surface area contributed by atoms with Crippen molar-refractivity contribution in [1.82, 2.24) is 15.3 Å². The summed E-state index contributed by atoms with van der Waals surface area (Å²) in [7, 11) is 0. The predicted octanol–water partition coefficient (Wildman–Crippen LogP) is 2.46. The highest BCUT2D eigenvalue weighted by molar-refractivity contribution is 9.10. The number of nitrogens with one attached hydrogen (secondary N) is 2. The first-order valence-electron chi connectivity index (χ1n) is 4.78. The van der Waals surface area contributed by atoms with E-state index in [1.54, 1.807) is 6.20 Å². The first-order chi connectivity index (χ1) is 7.34. The fraction of sp³-hybridized carbons (Fsp3) is 0.182. The molecule has 0 fully saturated rings. The average Bonchev–Trinajstić information content (AvgIpc) is 2.74. The maximum Gasteiger partial charge on any atom is 0.120 e. The van der Waals surface area contributed by atoms with Crippen molar-refractivity contribution < 1.29 is 0 Å². The number of hydrogen-bond donors (Lipinski definition) is 2. The van der Waals surface area contributed by atoms with Gasteiger partial charge in [0.25, 0.3) is 0 Å². The van der Waals surface area contributed by atoms with Gasteiger partial charge in [-0.15, -0.1) is 0 Å². The summed E-state index contributed by atoms with van der Waals surface area (Å²) in [6.45, 7) is 1.62. The van der Waals surface area contributed by atoms with Crippen molar-refractivity contribution in [2.45, 2.75) is 13.1 Å². The summed E-state index contributed by atoms with van der Waals surface area (Å²) in [5, 5.41) is 3.31. The van der Waals surface area contributed by atoms with Gasteiger partial charge >= 0.3 is 0 Å². The first-order valence-corrected chi connectivity index (χ1v) is 5.57. The highest BCUT2D eigenvalue weighted by Gasteiger charge is 1.95. The van der Waals surface area contributed by atoms with E-state index >= 15 is 0 Å². The van der Waals surface area contributed by atoms with E-state index in [4.69, 9.17) is 0 Å². The normalized spacial score (nSPS) is 10.5. The lowest BCUT2D eigenvalue weighted by molar-refractivity contribution is 0.669. The van der Waals surface area contributed by atoms with Gasteiger partial charge in [0.15, 0.2) is 0 Å². The van der Waals surface area contributed by atoms with Crippen molar-refractivity contribution >= 4 is 15.9 Å².